The number of nitrogens with one attached hydrogen (secondary N) is 1. The summed E-state index contributed by atoms with van der Waals surface area (Å²) in [5.41, 5.74) is 3.22. The fourth-order valence-corrected chi connectivity index (χ4v) is 1.78. The zero-order valence-electron chi connectivity index (χ0n) is 11.8. The predicted molar refractivity (Wildman–Crippen MR) is 80.2 cm³/mol. The summed E-state index contributed by atoms with van der Waals surface area (Å²) in [6.45, 7) is 10.2. The molecule has 3 heteroatoms. The van der Waals surface area contributed by atoms with Crippen molar-refractivity contribution in [1.82, 2.24) is 5.32 Å². The Hall–Kier alpha value is -0.830. The number of aryl methyl sites for hydroxylation is 2. The van der Waals surface area contributed by atoms with Gasteiger partial charge in [-0.05, 0) is 38.8 Å². The quantitative estimate of drug-likeness (QED) is 0.847. The Kier molecular flexibility index (Phi) is 4.97. The van der Waals surface area contributed by atoms with Crippen LogP contribution in [0.5, 0.6) is 0 Å². The third-order valence-electron chi connectivity index (χ3n) is 3.31. The van der Waals surface area contributed by atoms with Crippen molar-refractivity contribution in [2.45, 2.75) is 51.4 Å². The summed E-state index contributed by atoms with van der Waals surface area (Å²) in [6, 6.07) is 6.22. The Bertz CT molecular complexity index is 438. The molecule has 0 bridgehead atoms. The van der Waals surface area contributed by atoms with E-state index in [2.05, 4.69) is 39.4 Å². The number of benzene rings is 1. The van der Waals surface area contributed by atoms with E-state index in [1.807, 2.05) is 34.6 Å². The molecule has 0 aromatic heterocycles. The molecule has 0 saturated carbocycles. The van der Waals surface area contributed by atoms with Gasteiger partial charge in [-0.1, -0.05) is 46.6 Å². The number of amides is 1. The Balaban J connectivity index is 2.74. The van der Waals surface area contributed by atoms with Gasteiger partial charge in [0.05, 0.1) is 6.42 Å². The van der Waals surface area contributed by atoms with Gasteiger partial charge in [0, 0.05) is 10.4 Å². The van der Waals surface area contributed by atoms with Crippen molar-refractivity contribution in [3.63, 3.8) is 0 Å². The number of hydrogen-bond acceptors (Lipinski definition) is 1. The second-order valence-electron chi connectivity index (χ2n) is 5.49. The lowest BCUT2D eigenvalue weighted by Crippen LogP contribution is -2.49. The minimum atomic E-state index is -0.241. The van der Waals surface area contributed by atoms with Gasteiger partial charge in [0.15, 0.2) is 0 Å². The van der Waals surface area contributed by atoms with Gasteiger partial charge in [-0.15, -0.1) is 0 Å². The average Bonchev–Trinajstić information content (AvgIpc) is 2.22. The predicted octanol–water partition coefficient (Wildman–Crippen LogP) is 3.52. The number of rotatable bonds is 4. The summed E-state index contributed by atoms with van der Waals surface area (Å²) in [5.74, 6) is 0.0694. The van der Waals surface area contributed by atoms with E-state index in [1.54, 1.807) is 0 Å². The lowest BCUT2D eigenvalue weighted by atomic mass is 9.99. The van der Waals surface area contributed by atoms with Crippen LogP contribution in [0.2, 0.25) is 0 Å². The van der Waals surface area contributed by atoms with Crippen LogP contribution in [-0.2, 0) is 11.2 Å². The van der Waals surface area contributed by atoms with Gasteiger partial charge in [-0.25, -0.2) is 0 Å². The average molecular weight is 312 g/mol. The first-order chi connectivity index (χ1) is 8.22. The van der Waals surface area contributed by atoms with Crippen LogP contribution in [0, 0.1) is 13.8 Å². The van der Waals surface area contributed by atoms with Crippen LogP contribution in [0.25, 0.3) is 0 Å². The summed E-state index contributed by atoms with van der Waals surface area (Å²) in [4.78, 5) is 12.3. The molecule has 100 valence electrons. The molecule has 0 aliphatic heterocycles. The van der Waals surface area contributed by atoms with Crippen LogP contribution >= 0.6 is 15.9 Å². The molecule has 1 N–H and O–H groups in total. The first kappa shape index (κ1) is 15.2. The lowest BCUT2D eigenvalue weighted by Gasteiger charge is -2.29. The Morgan fingerprint density at radius 3 is 2.56 bits per heavy atom. The van der Waals surface area contributed by atoms with Gasteiger partial charge in [0.2, 0.25) is 5.91 Å². The number of carbonyl (C=O) groups excluding carboxylic acids is 1. The first-order valence-corrected chi connectivity index (χ1v) is 7.15. The van der Waals surface area contributed by atoms with Crippen molar-refractivity contribution in [3.05, 3.63) is 34.9 Å². The Labute approximate surface area is 118 Å². The number of halogens is 1. The maximum absolute atomic E-state index is 12.1. The van der Waals surface area contributed by atoms with Crippen molar-refractivity contribution in [2.75, 3.05) is 0 Å². The number of alkyl halides is 1. The topological polar surface area (TPSA) is 29.1 Å². The molecule has 1 aromatic carbocycles. The first-order valence-electron chi connectivity index (χ1n) is 6.23. The molecule has 0 fully saturated rings. The second kappa shape index (κ2) is 5.87. The van der Waals surface area contributed by atoms with Crippen LogP contribution in [-0.4, -0.2) is 16.3 Å². The lowest BCUT2D eigenvalue weighted by molar-refractivity contribution is -0.122. The van der Waals surface area contributed by atoms with E-state index in [-0.39, 0.29) is 16.3 Å². The molecule has 1 aromatic rings. The minimum Gasteiger partial charge on any atom is -0.350 e. The third-order valence-corrected chi connectivity index (χ3v) is 4.46. The van der Waals surface area contributed by atoms with E-state index in [0.29, 0.717) is 6.42 Å². The van der Waals surface area contributed by atoms with E-state index in [1.165, 1.54) is 11.1 Å². The van der Waals surface area contributed by atoms with E-state index < -0.39 is 0 Å². The normalized spacial score (nSPS) is 13.2. The van der Waals surface area contributed by atoms with E-state index in [9.17, 15) is 4.79 Å². The zero-order chi connectivity index (χ0) is 13.9. The van der Waals surface area contributed by atoms with Crippen LogP contribution in [0.3, 0.4) is 0 Å². The maximum Gasteiger partial charge on any atom is 0.224 e. The summed E-state index contributed by atoms with van der Waals surface area (Å²) in [5, 5.41) is 3.07. The molecule has 1 amide bonds. The van der Waals surface area contributed by atoms with Crippen molar-refractivity contribution in [3.8, 4) is 0 Å². The highest BCUT2D eigenvalue weighted by molar-refractivity contribution is 9.09. The van der Waals surface area contributed by atoms with Crippen LogP contribution in [0.4, 0.5) is 0 Å². The minimum absolute atomic E-state index is 0.0694. The van der Waals surface area contributed by atoms with Crippen molar-refractivity contribution < 1.29 is 4.79 Å². The van der Waals surface area contributed by atoms with Crippen LogP contribution < -0.4 is 5.32 Å². The standard InChI is InChI=1S/C15H22BrNO/c1-10-6-7-11(2)13(8-10)9-14(18)17-15(4,5)12(3)16/h6-8,12H,9H2,1-5H3,(H,17,18). The molecule has 0 radical (unpaired) electrons. The molecule has 1 atom stereocenters. The van der Waals surface area contributed by atoms with Gasteiger partial charge in [-0.3, -0.25) is 4.79 Å². The highest BCUT2D eigenvalue weighted by Gasteiger charge is 2.25. The molecule has 0 saturated heterocycles. The fraction of sp³-hybridized carbons (Fsp3) is 0.533. The van der Waals surface area contributed by atoms with Crippen LogP contribution in [0.15, 0.2) is 18.2 Å². The smallest absolute Gasteiger partial charge is 0.224 e. The van der Waals surface area contributed by atoms with Crippen molar-refractivity contribution in [2.24, 2.45) is 0 Å². The molecule has 2 nitrogen and oxygen atoms in total. The summed E-state index contributed by atoms with van der Waals surface area (Å²) in [7, 11) is 0. The van der Waals surface area contributed by atoms with E-state index in [4.69, 9.17) is 0 Å². The zero-order valence-corrected chi connectivity index (χ0v) is 13.4. The molecular formula is C15H22BrNO. The Morgan fingerprint density at radius 2 is 2.00 bits per heavy atom. The SMILES string of the molecule is Cc1ccc(C)c(CC(=O)NC(C)(C)C(C)Br)c1. The van der Waals surface area contributed by atoms with Gasteiger partial charge in [-0.2, -0.15) is 0 Å². The van der Waals surface area contributed by atoms with Gasteiger partial charge in [0.25, 0.3) is 0 Å². The molecule has 0 spiro atoms. The second-order valence-corrected chi connectivity index (χ2v) is 6.87. The summed E-state index contributed by atoms with van der Waals surface area (Å²) in [6.07, 6.45) is 0.441. The largest absolute Gasteiger partial charge is 0.350 e. The summed E-state index contributed by atoms with van der Waals surface area (Å²) < 4.78 is 0. The van der Waals surface area contributed by atoms with Gasteiger partial charge in [0.1, 0.15) is 0 Å². The molecule has 0 heterocycles. The molecule has 18 heavy (non-hydrogen) atoms. The number of hydrogen-bond donors (Lipinski definition) is 1. The molecular weight excluding hydrogens is 290 g/mol. The van der Waals surface area contributed by atoms with Gasteiger partial charge >= 0.3 is 0 Å². The van der Waals surface area contributed by atoms with Crippen molar-refractivity contribution in [1.29, 1.82) is 0 Å². The van der Waals surface area contributed by atoms with Crippen LogP contribution in [0.1, 0.15) is 37.5 Å². The van der Waals surface area contributed by atoms with Gasteiger partial charge < -0.3 is 5.32 Å². The van der Waals surface area contributed by atoms with E-state index in [0.717, 1.165) is 5.56 Å². The Morgan fingerprint density at radius 1 is 1.39 bits per heavy atom. The summed E-state index contributed by atoms with van der Waals surface area (Å²) >= 11 is 3.52. The van der Waals surface area contributed by atoms with Crippen molar-refractivity contribution >= 4 is 21.8 Å². The third kappa shape index (κ3) is 4.13. The molecule has 1 rings (SSSR count). The molecule has 0 aliphatic carbocycles. The molecule has 0 aliphatic rings. The highest BCUT2D eigenvalue weighted by Crippen LogP contribution is 2.17. The van der Waals surface area contributed by atoms with E-state index >= 15 is 0 Å². The molecule has 1 unspecified atom stereocenters. The fourth-order valence-electron chi connectivity index (χ4n) is 1.67. The monoisotopic (exact) mass is 311 g/mol. The highest BCUT2D eigenvalue weighted by atomic mass is 79.9. The maximum atomic E-state index is 12.1. The number of carbonyl (C=O) groups is 1.